The van der Waals surface area contributed by atoms with E-state index >= 15 is 0 Å². The SMILES string of the molecule is Cc1nnn(C23CC4CC(CC(Nc5nccc(N6CCCC(O)C6)n5)(C4)C2)C3)n1.O=CO. The van der Waals surface area contributed by atoms with Crippen molar-refractivity contribution in [2.75, 3.05) is 23.3 Å². The van der Waals surface area contributed by atoms with Crippen LogP contribution < -0.4 is 10.2 Å². The van der Waals surface area contributed by atoms with Crippen LogP contribution in [0, 0.1) is 18.8 Å². The summed E-state index contributed by atoms with van der Waals surface area (Å²) < 4.78 is 0. The maximum absolute atomic E-state index is 10.0. The summed E-state index contributed by atoms with van der Waals surface area (Å²) in [6.07, 6.45) is 10.4. The largest absolute Gasteiger partial charge is 0.483 e. The number of nitrogens with one attached hydrogen (secondary N) is 1. The number of tetrazole rings is 1. The van der Waals surface area contributed by atoms with E-state index in [1.807, 2.05) is 24.0 Å². The summed E-state index contributed by atoms with van der Waals surface area (Å²) in [5, 5.41) is 33.9. The van der Waals surface area contributed by atoms with Crippen molar-refractivity contribution in [1.29, 1.82) is 0 Å². The summed E-state index contributed by atoms with van der Waals surface area (Å²) in [6, 6.07) is 1.95. The molecule has 1 saturated heterocycles. The fraction of sp³-hybridized carbons (Fsp3) is 0.727. The number of piperidine rings is 1. The van der Waals surface area contributed by atoms with E-state index in [0.717, 1.165) is 63.1 Å². The molecule has 2 aromatic heterocycles. The molecule has 5 aliphatic rings. The highest BCUT2D eigenvalue weighted by molar-refractivity contribution is 5.44. The molecule has 33 heavy (non-hydrogen) atoms. The molecular weight excluding hydrogens is 424 g/mol. The number of aliphatic hydroxyl groups is 1. The minimum absolute atomic E-state index is 0.00828. The molecule has 3 heterocycles. The molecule has 3 N–H and O–H groups in total. The Balaban J connectivity index is 0.000000724. The Morgan fingerprint density at radius 3 is 2.67 bits per heavy atom. The summed E-state index contributed by atoms with van der Waals surface area (Å²) in [5.74, 6) is 3.72. The maximum atomic E-state index is 10.0. The third-order valence-corrected chi connectivity index (χ3v) is 7.71. The minimum atomic E-state index is -0.272. The lowest BCUT2D eigenvalue weighted by Gasteiger charge is -2.61. The van der Waals surface area contributed by atoms with Gasteiger partial charge in [0, 0.05) is 24.8 Å². The molecule has 0 amide bonds. The van der Waals surface area contributed by atoms with Gasteiger partial charge in [0.15, 0.2) is 5.82 Å². The quantitative estimate of drug-likeness (QED) is 0.581. The molecule has 3 atom stereocenters. The number of carboxylic acid groups (broad SMARTS) is 1. The van der Waals surface area contributed by atoms with Crippen LogP contribution in [0.4, 0.5) is 11.8 Å². The van der Waals surface area contributed by atoms with E-state index in [2.05, 4.69) is 30.6 Å². The monoisotopic (exact) mass is 456 g/mol. The zero-order chi connectivity index (χ0) is 23.1. The van der Waals surface area contributed by atoms with E-state index in [1.54, 1.807) is 0 Å². The minimum Gasteiger partial charge on any atom is -0.483 e. The fourth-order valence-corrected chi connectivity index (χ4v) is 7.07. The molecular formula is C22H32N8O3. The Morgan fingerprint density at radius 2 is 2.00 bits per heavy atom. The van der Waals surface area contributed by atoms with Crippen LogP contribution in [0.3, 0.4) is 0 Å². The number of rotatable bonds is 4. The first-order valence-electron chi connectivity index (χ1n) is 11.8. The molecule has 178 valence electrons. The molecule has 2 aromatic rings. The third-order valence-electron chi connectivity index (χ3n) is 7.71. The van der Waals surface area contributed by atoms with Gasteiger partial charge in [0.25, 0.3) is 6.47 Å². The number of nitrogens with zero attached hydrogens (tertiary/aromatic N) is 7. The van der Waals surface area contributed by atoms with Crippen LogP contribution in [0.25, 0.3) is 0 Å². The van der Waals surface area contributed by atoms with Gasteiger partial charge in [-0.05, 0) is 81.4 Å². The van der Waals surface area contributed by atoms with Crippen molar-refractivity contribution < 1.29 is 15.0 Å². The highest BCUT2D eigenvalue weighted by Crippen LogP contribution is 2.60. The van der Waals surface area contributed by atoms with Gasteiger partial charge in [0.1, 0.15) is 5.82 Å². The van der Waals surface area contributed by atoms with E-state index in [9.17, 15) is 5.11 Å². The average molecular weight is 457 g/mol. The molecule has 4 saturated carbocycles. The van der Waals surface area contributed by atoms with Gasteiger partial charge in [-0.15, -0.1) is 10.2 Å². The lowest BCUT2D eigenvalue weighted by Crippen LogP contribution is -2.63. The molecule has 7 rings (SSSR count). The number of hydrogen-bond donors (Lipinski definition) is 3. The molecule has 5 fully saturated rings. The van der Waals surface area contributed by atoms with Crippen molar-refractivity contribution in [2.45, 2.75) is 75.5 Å². The number of anilines is 2. The van der Waals surface area contributed by atoms with Crippen LogP contribution in [0.1, 0.15) is 57.2 Å². The number of aromatic nitrogens is 6. The Labute approximate surface area is 192 Å². The summed E-state index contributed by atoms with van der Waals surface area (Å²) in [4.78, 5) is 21.9. The molecule has 3 unspecified atom stereocenters. The Hall–Kier alpha value is -2.82. The summed E-state index contributed by atoms with van der Waals surface area (Å²) >= 11 is 0. The standard InChI is InChI=1S/C21H30N8O.CH2O2/c1-14-25-27-29(26-14)21-10-15-7-16(11-21)9-20(8-15,13-21)24-19-22-5-4-18(23-19)28-6-2-3-17(30)12-28;2-1-3/h4-5,15-17,30H,2-3,6-13H2,1H3,(H,22,23,24);1H,(H,2,3). The fourth-order valence-electron chi connectivity index (χ4n) is 7.07. The maximum Gasteiger partial charge on any atom is 0.290 e. The topological polar surface area (TPSA) is 142 Å². The number of carbonyl (C=O) groups is 1. The van der Waals surface area contributed by atoms with Gasteiger partial charge in [0.2, 0.25) is 5.95 Å². The van der Waals surface area contributed by atoms with E-state index in [4.69, 9.17) is 14.9 Å². The molecule has 4 aliphatic carbocycles. The normalized spacial score (nSPS) is 34.5. The zero-order valence-electron chi connectivity index (χ0n) is 19.0. The second kappa shape index (κ2) is 8.51. The zero-order valence-corrected chi connectivity index (χ0v) is 19.0. The van der Waals surface area contributed by atoms with Gasteiger partial charge in [-0.1, -0.05) is 0 Å². The molecule has 4 bridgehead atoms. The third kappa shape index (κ3) is 4.25. The molecule has 0 spiro atoms. The molecule has 0 radical (unpaired) electrons. The van der Waals surface area contributed by atoms with E-state index in [1.165, 1.54) is 6.42 Å². The van der Waals surface area contributed by atoms with Crippen LogP contribution in [-0.2, 0) is 10.3 Å². The van der Waals surface area contributed by atoms with Crippen LogP contribution in [0.15, 0.2) is 12.3 Å². The highest BCUT2D eigenvalue weighted by Gasteiger charge is 2.60. The van der Waals surface area contributed by atoms with Crippen molar-refractivity contribution in [3.8, 4) is 0 Å². The van der Waals surface area contributed by atoms with E-state index < -0.39 is 0 Å². The van der Waals surface area contributed by atoms with Gasteiger partial charge in [-0.2, -0.15) is 9.78 Å². The lowest BCUT2D eigenvalue weighted by atomic mass is 9.50. The second-order valence-corrected chi connectivity index (χ2v) is 10.3. The van der Waals surface area contributed by atoms with Gasteiger partial charge in [-0.3, -0.25) is 4.79 Å². The first-order valence-corrected chi connectivity index (χ1v) is 11.8. The predicted octanol–water partition coefficient (Wildman–Crippen LogP) is 1.59. The number of hydrogen-bond acceptors (Lipinski definition) is 9. The smallest absolute Gasteiger partial charge is 0.290 e. The van der Waals surface area contributed by atoms with Crippen LogP contribution in [0.2, 0.25) is 0 Å². The molecule has 1 aliphatic heterocycles. The average Bonchev–Trinajstić information content (AvgIpc) is 3.21. The lowest BCUT2D eigenvalue weighted by molar-refractivity contribution is -0.122. The number of aliphatic hydroxyl groups excluding tert-OH is 1. The van der Waals surface area contributed by atoms with Gasteiger partial charge < -0.3 is 20.4 Å². The first kappa shape index (κ1) is 22.0. The van der Waals surface area contributed by atoms with Crippen molar-refractivity contribution in [2.24, 2.45) is 11.8 Å². The van der Waals surface area contributed by atoms with E-state index in [-0.39, 0.29) is 23.7 Å². The Bertz CT molecular complexity index is 984. The highest BCUT2D eigenvalue weighted by atomic mass is 16.3. The number of β-amino-alcohol motifs (C(OH)–C–C–N with tert-alkyl or cyclic N) is 1. The predicted molar refractivity (Wildman–Crippen MR) is 120 cm³/mol. The summed E-state index contributed by atoms with van der Waals surface area (Å²) in [6.45, 7) is 3.24. The van der Waals surface area contributed by atoms with Crippen molar-refractivity contribution >= 4 is 18.2 Å². The van der Waals surface area contributed by atoms with Crippen LogP contribution >= 0.6 is 0 Å². The van der Waals surface area contributed by atoms with Crippen LogP contribution in [0.5, 0.6) is 0 Å². The first-order chi connectivity index (χ1) is 15.9. The van der Waals surface area contributed by atoms with Crippen molar-refractivity contribution in [3.63, 3.8) is 0 Å². The Morgan fingerprint density at radius 1 is 1.24 bits per heavy atom. The van der Waals surface area contributed by atoms with Gasteiger partial charge in [0.05, 0.1) is 11.6 Å². The van der Waals surface area contributed by atoms with Crippen molar-refractivity contribution in [1.82, 2.24) is 30.2 Å². The second-order valence-electron chi connectivity index (χ2n) is 10.3. The van der Waals surface area contributed by atoms with E-state index in [0.29, 0.717) is 24.3 Å². The van der Waals surface area contributed by atoms with Gasteiger partial charge in [-0.25, -0.2) is 4.98 Å². The van der Waals surface area contributed by atoms with Crippen molar-refractivity contribution in [3.05, 3.63) is 18.1 Å². The summed E-state index contributed by atoms with van der Waals surface area (Å²) in [7, 11) is 0. The summed E-state index contributed by atoms with van der Waals surface area (Å²) in [5.41, 5.74) is -0.0431. The molecule has 0 aromatic carbocycles. The Kier molecular flexibility index (Phi) is 5.67. The van der Waals surface area contributed by atoms with Crippen LogP contribution in [-0.4, -0.2) is 71.6 Å². The molecule has 11 heteroatoms. The van der Waals surface area contributed by atoms with Gasteiger partial charge >= 0.3 is 0 Å². The molecule has 11 nitrogen and oxygen atoms in total. The number of aryl methyl sites for hydroxylation is 1.